The predicted molar refractivity (Wildman–Crippen MR) is 49.8 cm³/mol. The quantitative estimate of drug-likeness (QED) is 0.618. The summed E-state index contributed by atoms with van der Waals surface area (Å²) in [5, 5.41) is 18.7. The van der Waals surface area contributed by atoms with E-state index in [-0.39, 0.29) is 12.0 Å². The lowest BCUT2D eigenvalue weighted by Crippen LogP contribution is -2.38. The van der Waals surface area contributed by atoms with Crippen molar-refractivity contribution >= 4 is 0 Å². The third-order valence-corrected chi connectivity index (χ3v) is 3.83. The molecule has 2 aliphatic rings. The monoisotopic (exact) mass is 179 g/mol. The van der Waals surface area contributed by atoms with Gasteiger partial charge < -0.3 is 5.11 Å². The number of rotatable bonds is 0. The normalized spacial score (nSPS) is 44.9. The van der Waals surface area contributed by atoms with Crippen LogP contribution in [0, 0.1) is 29.1 Å². The molecule has 1 N–H and O–H groups in total. The summed E-state index contributed by atoms with van der Waals surface area (Å²) in [4.78, 5) is 0. The molecule has 2 heteroatoms. The Morgan fingerprint density at radius 2 is 1.85 bits per heavy atom. The van der Waals surface area contributed by atoms with E-state index in [1.807, 2.05) is 0 Å². The molecule has 13 heavy (non-hydrogen) atoms. The van der Waals surface area contributed by atoms with Crippen LogP contribution >= 0.6 is 0 Å². The first-order chi connectivity index (χ1) is 6.33. The van der Waals surface area contributed by atoms with Crippen LogP contribution in [0.15, 0.2) is 0 Å². The third-order valence-electron chi connectivity index (χ3n) is 3.83. The van der Waals surface area contributed by atoms with Crippen molar-refractivity contribution in [2.45, 2.75) is 44.6 Å². The van der Waals surface area contributed by atoms with Gasteiger partial charge in [0.1, 0.15) is 0 Å². The highest BCUT2D eigenvalue weighted by Gasteiger charge is 2.39. The fraction of sp³-hybridized carbons (Fsp3) is 0.909. The second kappa shape index (κ2) is 3.67. The highest BCUT2D eigenvalue weighted by Crippen LogP contribution is 2.43. The Morgan fingerprint density at radius 3 is 2.62 bits per heavy atom. The molecule has 0 aliphatic heterocycles. The molecule has 0 bridgehead atoms. The van der Waals surface area contributed by atoms with Gasteiger partial charge in [0, 0.05) is 0 Å². The molecule has 2 saturated carbocycles. The summed E-state index contributed by atoms with van der Waals surface area (Å²) in [5.41, 5.74) is 0. The van der Waals surface area contributed by atoms with Crippen LogP contribution in [0.4, 0.5) is 0 Å². The molecule has 72 valence electrons. The molecule has 0 radical (unpaired) electrons. The number of aliphatic hydroxyl groups is 1. The standard InChI is InChI=1S/C11H17NO/c12-7-10-9-4-2-1-3-8(9)5-6-11(10)13/h8-11,13H,1-6H2/t8-,9+,10+,11+/m0/s1. The summed E-state index contributed by atoms with van der Waals surface area (Å²) in [6.45, 7) is 0. The summed E-state index contributed by atoms with van der Waals surface area (Å²) in [6, 6.07) is 2.30. The molecule has 2 nitrogen and oxygen atoms in total. The average Bonchev–Trinajstić information content (AvgIpc) is 2.18. The van der Waals surface area contributed by atoms with E-state index in [9.17, 15) is 5.11 Å². The lowest BCUT2D eigenvalue weighted by atomic mass is 9.65. The Bertz CT molecular complexity index is 221. The van der Waals surface area contributed by atoms with Gasteiger partial charge in [0.05, 0.1) is 18.1 Å². The summed E-state index contributed by atoms with van der Waals surface area (Å²) in [5.74, 6) is 1.17. The first kappa shape index (κ1) is 9.02. The van der Waals surface area contributed by atoms with Gasteiger partial charge in [-0.05, 0) is 31.1 Å². The van der Waals surface area contributed by atoms with Crippen molar-refractivity contribution in [3.8, 4) is 6.07 Å². The number of aliphatic hydroxyl groups excluding tert-OH is 1. The van der Waals surface area contributed by atoms with E-state index in [0.717, 1.165) is 18.8 Å². The van der Waals surface area contributed by atoms with Crippen LogP contribution < -0.4 is 0 Å². The second-order valence-electron chi connectivity index (χ2n) is 4.51. The van der Waals surface area contributed by atoms with Crippen LogP contribution in [-0.4, -0.2) is 11.2 Å². The van der Waals surface area contributed by atoms with Crippen molar-refractivity contribution in [3.05, 3.63) is 0 Å². The highest BCUT2D eigenvalue weighted by atomic mass is 16.3. The highest BCUT2D eigenvalue weighted by molar-refractivity contribution is 4.99. The minimum absolute atomic E-state index is 0.0703. The molecule has 4 atom stereocenters. The van der Waals surface area contributed by atoms with Gasteiger partial charge in [-0.15, -0.1) is 0 Å². The van der Waals surface area contributed by atoms with E-state index in [4.69, 9.17) is 5.26 Å². The van der Waals surface area contributed by atoms with Crippen molar-refractivity contribution in [3.63, 3.8) is 0 Å². The van der Waals surface area contributed by atoms with Gasteiger partial charge in [-0.2, -0.15) is 5.26 Å². The number of hydrogen-bond donors (Lipinski definition) is 1. The molecule has 0 amide bonds. The van der Waals surface area contributed by atoms with Crippen molar-refractivity contribution in [1.82, 2.24) is 0 Å². The van der Waals surface area contributed by atoms with Crippen LogP contribution in [0.1, 0.15) is 38.5 Å². The molecule has 0 heterocycles. The van der Waals surface area contributed by atoms with Crippen molar-refractivity contribution in [1.29, 1.82) is 5.26 Å². The van der Waals surface area contributed by atoms with Crippen LogP contribution in [0.25, 0.3) is 0 Å². The summed E-state index contributed by atoms with van der Waals surface area (Å²) >= 11 is 0. The van der Waals surface area contributed by atoms with Gasteiger partial charge in [0.2, 0.25) is 0 Å². The second-order valence-corrected chi connectivity index (χ2v) is 4.51. The topological polar surface area (TPSA) is 44.0 Å². The fourth-order valence-electron chi connectivity index (χ4n) is 3.10. The van der Waals surface area contributed by atoms with E-state index >= 15 is 0 Å². The Labute approximate surface area is 79.6 Å². The van der Waals surface area contributed by atoms with Gasteiger partial charge >= 0.3 is 0 Å². The molecule has 2 aliphatic carbocycles. The van der Waals surface area contributed by atoms with Crippen LogP contribution in [0.2, 0.25) is 0 Å². The maximum absolute atomic E-state index is 9.69. The number of nitriles is 1. The van der Waals surface area contributed by atoms with Crippen molar-refractivity contribution in [2.24, 2.45) is 17.8 Å². The molecule has 0 aromatic rings. The zero-order valence-electron chi connectivity index (χ0n) is 7.95. The SMILES string of the molecule is N#C[C@@H]1[C@@H]2CCCC[C@H]2CC[C@H]1O. The predicted octanol–water partition coefficient (Wildman–Crippen LogP) is 2.09. The third kappa shape index (κ3) is 1.58. The number of hydrogen-bond acceptors (Lipinski definition) is 2. The van der Waals surface area contributed by atoms with Crippen molar-refractivity contribution < 1.29 is 5.11 Å². The zero-order valence-corrected chi connectivity index (χ0v) is 7.95. The van der Waals surface area contributed by atoms with Gasteiger partial charge in [0.15, 0.2) is 0 Å². The van der Waals surface area contributed by atoms with E-state index in [1.165, 1.54) is 25.7 Å². The molecular formula is C11H17NO. The fourth-order valence-corrected chi connectivity index (χ4v) is 3.10. The van der Waals surface area contributed by atoms with E-state index in [2.05, 4.69) is 6.07 Å². The van der Waals surface area contributed by atoms with Crippen LogP contribution in [0.3, 0.4) is 0 Å². The molecule has 0 unspecified atom stereocenters. The van der Waals surface area contributed by atoms with Gasteiger partial charge in [0.25, 0.3) is 0 Å². The number of fused-ring (bicyclic) bond motifs is 1. The smallest absolute Gasteiger partial charge is 0.0753 e. The minimum Gasteiger partial charge on any atom is -0.392 e. The first-order valence-corrected chi connectivity index (χ1v) is 5.40. The molecule has 0 spiro atoms. The maximum Gasteiger partial charge on any atom is 0.0753 e. The number of nitrogens with zero attached hydrogens (tertiary/aromatic N) is 1. The van der Waals surface area contributed by atoms with Gasteiger partial charge in [-0.25, -0.2) is 0 Å². The first-order valence-electron chi connectivity index (χ1n) is 5.40. The average molecular weight is 179 g/mol. The molecule has 2 rings (SSSR count). The molecular weight excluding hydrogens is 162 g/mol. The Kier molecular flexibility index (Phi) is 2.55. The summed E-state index contributed by atoms with van der Waals surface area (Å²) < 4.78 is 0. The summed E-state index contributed by atoms with van der Waals surface area (Å²) in [6.07, 6.45) is 6.68. The molecule has 2 fully saturated rings. The zero-order chi connectivity index (χ0) is 9.26. The lowest BCUT2D eigenvalue weighted by molar-refractivity contribution is 0.0114. The largest absolute Gasteiger partial charge is 0.392 e. The molecule has 0 aromatic carbocycles. The van der Waals surface area contributed by atoms with Crippen molar-refractivity contribution in [2.75, 3.05) is 0 Å². The minimum atomic E-state index is -0.343. The Morgan fingerprint density at radius 1 is 1.08 bits per heavy atom. The van der Waals surface area contributed by atoms with E-state index in [1.54, 1.807) is 0 Å². The van der Waals surface area contributed by atoms with Gasteiger partial charge in [-0.3, -0.25) is 0 Å². The summed E-state index contributed by atoms with van der Waals surface area (Å²) in [7, 11) is 0. The lowest BCUT2D eigenvalue weighted by Gasteiger charge is -2.40. The van der Waals surface area contributed by atoms with Crippen LogP contribution in [0.5, 0.6) is 0 Å². The van der Waals surface area contributed by atoms with Gasteiger partial charge in [-0.1, -0.05) is 19.3 Å². The Hall–Kier alpha value is -0.550. The Balaban J connectivity index is 2.10. The van der Waals surface area contributed by atoms with Crippen LogP contribution in [-0.2, 0) is 0 Å². The molecule has 0 saturated heterocycles. The molecule has 0 aromatic heterocycles. The van der Waals surface area contributed by atoms with E-state index < -0.39 is 0 Å². The van der Waals surface area contributed by atoms with E-state index in [0.29, 0.717) is 5.92 Å². The maximum atomic E-state index is 9.69.